The summed E-state index contributed by atoms with van der Waals surface area (Å²) >= 11 is 0. The summed E-state index contributed by atoms with van der Waals surface area (Å²) in [7, 11) is 0. The molecule has 0 bridgehead atoms. The lowest BCUT2D eigenvalue weighted by molar-refractivity contribution is -0.328. The van der Waals surface area contributed by atoms with E-state index in [9.17, 15) is 30.6 Å². The Morgan fingerprint density at radius 3 is 2.09 bits per heavy atom. The van der Waals surface area contributed by atoms with Crippen LogP contribution in [0.2, 0.25) is 0 Å². The van der Waals surface area contributed by atoms with E-state index in [0.29, 0.717) is 0 Å². The molecule has 2 rings (SSSR count). The van der Waals surface area contributed by atoms with Gasteiger partial charge in [-0.3, -0.25) is 0 Å². The zero-order chi connectivity index (χ0) is 17.3. The van der Waals surface area contributed by atoms with Crippen molar-refractivity contribution in [3.63, 3.8) is 0 Å². The van der Waals surface area contributed by atoms with E-state index in [1.54, 1.807) is 0 Å². The molecule has 0 aromatic carbocycles. The number of aliphatic hydroxyl groups is 8. The molecule has 136 valence electrons. The van der Waals surface area contributed by atoms with E-state index in [0.717, 1.165) is 0 Å². The highest BCUT2D eigenvalue weighted by molar-refractivity contribution is 4.94. The summed E-state index contributed by atoms with van der Waals surface area (Å²) in [4.78, 5) is 0. The van der Waals surface area contributed by atoms with Crippen molar-refractivity contribution < 1.29 is 55.1 Å². The fourth-order valence-corrected chi connectivity index (χ4v) is 2.58. The third-order valence-corrected chi connectivity index (χ3v) is 3.96. The van der Waals surface area contributed by atoms with Gasteiger partial charge in [-0.2, -0.15) is 0 Å². The van der Waals surface area contributed by atoms with Crippen LogP contribution in [0.15, 0.2) is 0 Å². The van der Waals surface area contributed by atoms with Gasteiger partial charge in [0, 0.05) is 0 Å². The van der Waals surface area contributed by atoms with Gasteiger partial charge in [0.15, 0.2) is 12.6 Å². The Bertz CT molecular complexity index is 382. The monoisotopic (exact) mass is 342 g/mol. The van der Waals surface area contributed by atoms with Gasteiger partial charge in [-0.1, -0.05) is 0 Å². The van der Waals surface area contributed by atoms with E-state index in [1.165, 1.54) is 0 Å². The fourth-order valence-electron chi connectivity index (χ4n) is 2.58. The van der Waals surface area contributed by atoms with Gasteiger partial charge in [0.2, 0.25) is 0 Å². The molecule has 2 fully saturated rings. The third-order valence-electron chi connectivity index (χ3n) is 3.96. The standard InChI is InChI=1S/C12H22O11/c13-1-3(15)9-7(18)8(19)12(22-9)23-10-6(17)5(16)4(2-14)21-11(10)20/h3-20H,1-2H2/t3-,4-,5-,6+,7-,8-,9+,10+,11?,12+/m1/s1. The van der Waals surface area contributed by atoms with Gasteiger partial charge in [-0.15, -0.1) is 0 Å². The molecule has 0 amide bonds. The molecule has 10 atom stereocenters. The first-order chi connectivity index (χ1) is 10.8. The lowest BCUT2D eigenvalue weighted by atomic mass is 9.99. The Morgan fingerprint density at radius 1 is 0.870 bits per heavy atom. The summed E-state index contributed by atoms with van der Waals surface area (Å²) in [6.45, 7) is -1.37. The first-order valence-electron chi connectivity index (χ1n) is 7.08. The van der Waals surface area contributed by atoms with E-state index >= 15 is 0 Å². The molecule has 2 saturated heterocycles. The number of hydrogen-bond acceptors (Lipinski definition) is 11. The lowest BCUT2D eigenvalue weighted by Gasteiger charge is -2.40. The molecule has 2 aliphatic heterocycles. The Labute approximate surface area is 130 Å². The third kappa shape index (κ3) is 3.65. The quantitative estimate of drug-likeness (QED) is 0.238. The predicted octanol–water partition coefficient (Wildman–Crippen LogP) is -5.40. The Kier molecular flexibility index (Phi) is 6.27. The molecule has 0 aliphatic carbocycles. The second-order valence-corrected chi connectivity index (χ2v) is 5.53. The van der Waals surface area contributed by atoms with Crippen LogP contribution in [-0.4, -0.2) is 115 Å². The normalized spacial score (nSPS) is 49.3. The van der Waals surface area contributed by atoms with Gasteiger partial charge >= 0.3 is 0 Å². The van der Waals surface area contributed by atoms with Crippen molar-refractivity contribution in [2.24, 2.45) is 0 Å². The summed E-state index contributed by atoms with van der Waals surface area (Å²) in [5.74, 6) is 0. The van der Waals surface area contributed by atoms with E-state index in [2.05, 4.69) is 0 Å². The molecular formula is C12H22O11. The van der Waals surface area contributed by atoms with E-state index < -0.39 is 74.6 Å². The van der Waals surface area contributed by atoms with Crippen LogP contribution in [0, 0.1) is 0 Å². The van der Waals surface area contributed by atoms with Crippen molar-refractivity contribution in [3.05, 3.63) is 0 Å². The average Bonchev–Trinajstić information content (AvgIpc) is 2.82. The van der Waals surface area contributed by atoms with Crippen LogP contribution in [0.25, 0.3) is 0 Å². The van der Waals surface area contributed by atoms with Crippen LogP contribution in [0.3, 0.4) is 0 Å². The molecule has 1 unspecified atom stereocenters. The molecule has 11 nitrogen and oxygen atoms in total. The molecule has 0 aromatic rings. The molecule has 8 N–H and O–H groups in total. The van der Waals surface area contributed by atoms with Crippen molar-refractivity contribution in [1.29, 1.82) is 0 Å². The molecule has 0 radical (unpaired) electrons. The zero-order valence-corrected chi connectivity index (χ0v) is 12.0. The van der Waals surface area contributed by atoms with Crippen LogP contribution < -0.4 is 0 Å². The van der Waals surface area contributed by atoms with Gasteiger partial charge in [-0.25, -0.2) is 0 Å². The van der Waals surface area contributed by atoms with Crippen molar-refractivity contribution in [3.8, 4) is 0 Å². The maximum atomic E-state index is 9.93. The number of hydrogen-bond donors (Lipinski definition) is 8. The van der Waals surface area contributed by atoms with Crippen LogP contribution in [0.5, 0.6) is 0 Å². The Hall–Kier alpha value is -0.440. The largest absolute Gasteiger partial charge is 0.394 e. The SMILES string of the molecule is OC[C@@H](O)[C@@H]1O[C@@H](O[C@@H]2C(O)O[C@H](CO)[C@@H](O)[C@@H]2O)[C@H](O)[C@H]1O. The summed E-state index contributed by atoms with van der Waals surface area (Å²) in [5.41, 5.74) is 0. The smallest absolute Gasteiger partial charge is 0.187 e. The number of aliphatic hydroxyl groups excluding tert-OH is 8. The van der Waals surface area contributed by atoms with Crippen molar-refractivity contribution >= 4 is 0 Å². The van der Waals surface area contributed by atoms with Crippen molar-refractivity contribution in [2.45, 2.75) is 61.4 Å². The minimum atomic E-state index is -1.74. The average molecular weight is 342 g/mol. The van der Waals surface area contributed by atoms with Crippen LogP contribution in [0.4, 0.5) is 0 Å². The van der Waals surface area contributed by atoms with Crippen LogP contribution >= 0.6 is 0 Å². The highest BCUT2D eigenvalue weighted by Gasteiger charge is 2.51. The van der Waals surface area contributed by atoms with E-state index in [4.69, 9.17) is 24.4 Å². The molecule has 2 aliphatic rings. The molecule has 0 saturated carbocycles. The highest BCUT2D eigenvalue weighted by Crippen LogP contribution is 2.29. The highest BCUT2D eigenvalue weighted by atomic mass is 16.7. The second kappa shape index (κ2) is 7.63. The summed E-state index contributed by atoms with van der Waals surface area (Å²) in [6.07, 6.45) is -15.3. The molecule has 0 spiro atoms. The molecule has 11 heteroatoms. The van der Waals surface area contributed by atoms with Crippen molar-refractivity contribution in [2.75, 3.05) is 13.2 Å². The van der Waals surface area contributed by atoms with Gasteiger partial charge in [0.25, 0.3) is 0 Å². The maximum Gasteiger partial charge on any atom is 0.187 e. The van der Waals surface area contributed by atoms with E-state index in [-0.39, 0.29) is 0 Å². The summed E-state index contributed by atoms with van der Waals surface area (Å²) < 4.78 is 15.1. The van der Waals surface area contributed by atoms with Crippen molar-refractivity contribution in [1.82, 2.24) is 0 Å². The topological polar surface area (TPSA) is 190 Å². The second-order valence-electron chi connectivity index (χ2n) is 5.53. The number of ether oxygens (including phenoxy) is 3. The maximum absolute atomic E-state index is 9.93. The van der Waals surface area contributed by atoms with Crippen LogP contribution in [0.1, 0.15) is 0 Å². The Balaban J connectivity index is 2.03. The first-order valence-corrected chi connectivity index (χ1v) is 7.08. The minimum Gasteiger partial charge on any atom is -0.394 e. The number of rotatable bonds is 5. The first kappa shape index (κ1) is 18.9. The van der Waals surface area contributed by atoms with Gasteiger partial charge in [0.1, 0.15) is 48.8 Å². The molecule has 2 heterocycles. The predicted molar refractivity (Wildman–Crippen MR) is 68.6 cm³/mol. The van der Waals surface area contributed by atoms with Gasteiger partial charge < -0.3 is 55.1 Å². The fraction of sp³-hybridized carbons (Fsp3) is 1.00. The summed E-state index contributed by atoms with van der Waals surface area (Å²) in [6, 6.07) is 0. The minimum absolute atomic E-state index is 0.645. The Morgan fingerprint density at radius 2 is 1.52 bits per heavy atom. The van der Waals surface area contributed by atoms with Crippen LogP contribution in [-0.2, 0) is 14.2 Å². The lowest BCUT2D eigenvalue weighted by Crippen LogP contribution is -2.60. The van der Waals surface area contributed by atoms with Gasteiger partial charge in [0.05, 0.1) is 13.2 Å². The van der Waals surface area contributed by atoms with E-state index in [1.807, 2.05) is 0 Å². The molecular weight excluding hydrogens is 320 g/mol. The zero-order valence-electron chi connectivity index (χ0n) is 12.0. The molecule has 0 aromatic heterocycles. The van der Waals surface area contributed by atoms with Gasteiger partial charge in [-0.05, 0) is 0 Å². The molecule has 23 heavy (non-hydrogen) atoms. The summed E-state index contributed by atoms with van der Waals surface area (Å²) in [5, 5.41) is 76.4.